The number of benzene rings is 8. The second kappa shape index (κ2) is 11.8. The smallest absolute Gasteiger partial charge is 0.135 e. The molecule has 0 fully saturated rings. The number of hydrogen-bond donors (Lipinski definition) is 0. The average molecular weight is 614 g/mol. The zero-order chi connectivity index (χ0) is 31.9. The van der Waals surface area contributed by atoms with Crippen LogP contribution in [-0.4, -0.2) is 0 Å². The van der Waals surface area contributed by atoms with Crippen LogP contribution in [0.25, 0.3) is 66.1 Å². The Morgan fingerprint density at radius 2 is 1.04 bits per heavy atom. The van der Waals surface area contributed by atoms with Gasteiger partial charge >= 0.3 is 0 Å². The van der Waals surface area contributed by atoms with Crippen LogP contribution in [0.15, 0.2) is 192 Å². The fourth-order valence-corrected chi connectivity index (χ4v) is 6.88. The van der Waals surface area contributed by atoms with Crippen LogP contribution in [0.3, 0.4) is 0 Å². The van der Waals surface area contributed by atoms with Gasteiger partial charge in [-0.05, 0) is 86.8 Å². The number of anilines is 3. The quantitative estimate of drug-likeness (QED) is 0.174. The summed E-state index contributed by atoms with van der Waals surface area (Å²) in [4.78, 5) is 2.35. The summed E-state index contributed by atoms with van der Waals surface area (Å²) in [7, 11) is 0. The van der Waals surface area contributed by atoms with Crippen LogP contribution in [0.1, 0.15) is 0 Å². The Kier molecular flexibility index (Phi) is 6.84. The summed E-state index contributed by atoms with van der Waals surface area (Å²) in [5.74, 6) is 0.855. The SMILES string of the molecule is c1ccc(-c2ccccc2N(c2ccc(-c3ccc4c(ccc5ccccc54)c3)cc2)c2cccc(-c3cc4ccccc4o3)c2)cc1. The van der Waals surface area contributed by atoms with Crippen molar-refractivity contribution in [3.63, 3.8) is 0 Å². The third-order valence-corrected chi connectivity index (χ3v) is 9.25. The van der Waals surface area contributed by atoms with Gasteiger partial charge < -0.3 is 9.32 Å². The Balaban J connectivity index is 1.16. The first-order valence-corrected chi connectivity index (χ1v) is 16.3. The molecule has 8 aromatic carbocycles. The summed E-state index contributed by atoms with van der Waals surface area (Å²) in [5.41, 5.74) is 9.89. The molecule has 9 aromatic rings. The van der Waals surface area contributed by atoms with Crippen molar-refractivity contribution in [2.24, 2.45) is 0 Å². The van der Waals surface area contributed by atoms with Crippen molar-refractivity contribution in [1.82, 2.24) is 0 Å². The number of nitrogens with zero attached hydrogens (tertiary/aromatic N) is 1. The lowest BCUT2D eigenvalue weighted by Gasteiger charge is -2.28. The number of furan rings is 1. The third kappa shape index (κ3) is 5.01. The summed E-state index contributed by atoms with van der Waals surface area (Å²) in [6.07, 6.45) is 0. The fraction of sp³-hybridized carbons (Fsp3) is 0. The van der Waals surface area contributed by atoms with Gasteiger partial charge in [0.15, 0.2) is 0 Å². The van der Waals surface area contributed by atoms with E-state index in [9.17, 15) is 0 Å². The molecule has 0 N–H and O–H groups in total. The Hall–Kier alpha value is -6.38. The van der Waals surface area contributed by atoms with E-state index in [4.69, 9.17) is 4.42 Å². The molecule has 0 unspecified atom stereocenters. The van der Waals surface area contributed by atoms with E-state index < -0.39 is 0 Å². The topological polar surface area (TPSA) is 16.4 Å². The molecule has 2 nitrogen and oxygen atoms in total. The molecule has 0 atom stereocenters. The Morgan fingerprint density at radius 3 is 1.92 bits per heavy atom. The summed E-state index contributed by atoms with van der Waals surface area (Å²) in [6.45, 7) is 0. The molecule has 0 spiro atoms. The van der Waals surface area contributed by atoms with E-state index in [1.807, 2.05) is 18.2 Å². The molecule has 1 aromatic heterocycles. The Labute approximate surface area is 279 Å². The highest BCUT2D eigenvalue weighted by Gasteiger charge is 2.18. The second-order valence-corrected chi connectivity index (χ2v) is 12.2. The largest absolute Gasteiger partial charge is 0.456 e. The molecule has 0 saturated heterocycles. The van der Waals surface area contributed by atoms with Crippen LogP contribution in [0.2, 0.25) is 0 Å². The van der Waals surface area contributed by atoms with Crippen LogP contribution >= 0.6 is 0 Å². The van der Waals surface area contributed by atoms with Gasteiger partial charge in [-0.2, -0.15) is 0 Å². The Bertz CT molecular complexity index is 2530. The second-order valence-electron chi connectivity index (χ2n) is 12.2. The van der Waals surface area contributed by atoms with E-state index in [0.717, 1.165) is 44.9 Å². The first kappa shape index (κ1) is 27.9. The average Bonchev–Trinajstić information content (AvgIpc) is 3.61. The van der Waals surface area contributed by atoms with Crippen molar-refractivity contribution >= 4 is 49.6 Å². The number of fused-ring (bicyclic) bond motifs is 4. The van der Waals surface area contributed by atoms with Crippen LogP contribution in [0.5, 0.6) is 0 Å². The minimum atomic E-state index is 0.855. The standard InChI is InChI=1S/C46H31NO/c1-2-11-33(12-3-1)43-18-7-8-19-44(43)47(40-16-10-15-37(30-40)46-31-38-14-5-9-20-45(38)48-46)39-26-23-32(24-27-39)35-25-28-42-36(29-35)22-21-34-13-4-6-17-41(34)42/h1-31H. The normalized spacial score (nSPS) is 11.3. The van der Waals surface area contributed by atoms with E-state index in [0.29, 0.717) is 0 Å². The summed E-state index contributed by atoms with van der Waals surface area (Å²) in [6, 6.07) is 66.9. The van der Waals surface area contributed by atoms with E-state index in [2.05, 4.69) is 175 Å². The van der Waals surface area contributed by atoms with Gasteiger partial charge in [0.25, 0.3) is 0 Å². The number of para-hydroxylation sites is 2. The van der Waals surface area contributed by atoms with Gasteiger partial charge in [0, 0.05) is 27.9 Å². The van der Waals surface area contributed by atoms with Gasteiger partial charge in [-0.1, -0.05) is 140 Å². The van der Waals surface area contributed by atoms with E-state index in [1.54, 1.807) is 0 Å². The number of rotatable bonds is 6. The highest BCUT2D eigenvalue weighted by atomic mass is 16.3. The zero-order valence-corrected chi connectivity index (χ0v) is 26.3. The Morgan fingerprint density at radius 1 is 0.354 bits per heavy atom. The van der Waals surface area contributed by atoms with Gasteiger partial charge in [0.2, 0.25) is 0 Å². The minimum Gasteiger partial charge on any atom is -0.456 e. The first-order chi connectivity index (χ1) is 23.8. The fourth-order valence-electron chi connectivity index (χ4n) is 6.88. The molecule has 48 heavy (non-hydrogen) atoms. The van der Waals surface area contributed by atoms with Crippen molar-refractivity contribution in [1.29, 1.82) is 0 Å². The van der Waals surface area contributed by atoms with Gasteiger partial charge in [0.05, 0.1) is 5.69 Å². The highest BCUT2D eigenvalue weighted by Crippen LogP contribution is 2.42. The molecule has 0 aliphatic carbocycles. The van der Waals surface area contributed by atoms with Gasteiger partial charge in [-0.15, -0.1) is 0 Å². The van der Waals surface area contributed by atoms with Gasteiger partial charge in [-0.3, -0.25) is 0 Å². The molecule has 0 bridgehead atoms. The van der Waals surface area contributed by atoms with Gasteiger partial charge in [-0.25, -0.2) is 0 Å². The maximum absolute atomic E-state index is 6.29. The molecule has 2 heteroatoms. The molecular weight excluding hydrogens is 583 g/mol. The van der Waals surface area contributed by atoms with Crippen LogP contribution in [0.4, 0.5) is 17.1 Å². The lowest BCUT2D eigenvalue weighted by atomic mass is 9.97. The molecule has 1 heterocycles. The van der Waals surface area contributed by atoms with E-state index in [1.165, 1.54) is 38.2 Å². The number of hydrogen-bond acceptors (Lipinski definition) is 2. The lowest BCUT2D eigenvalue weighted by Crippen LogP contribution is -2.11. The van der Waals surface area contributed by atoms with Crippen LogP contribution in [0, 0.1) is 0 Å². The van der Waals surface area contributed by atoms with Crippen LogP contribution in [-0.2, 0) is 0 Å². The summed E-state index contributed by atoms with van der Waals surface area (Å²) < 4.78 is 6.29. The predicted molar refractivity (Wildman–Crippen MR) is 202 cm³/mol. The van der Waals surface area contributed by atoms with Crippen molar-refractivity contribution < 1.29 is 4.42 Å². The van der Waals surface area contributed by atoms with Gasteiger partial charge in [0.1, 0.15) is 11.3 Å². The van der Waals surface area contributed by atoms with Crippen LogP contribution < -0.4 is 4.90 Å². The summed E-state index contributed by atoms with van der Waals surface area (Å²) >= 11 is 0. The molecule has 0 aliphatic rings. The zero-order valence-electron chi connectivity index (χ0n) is 26.3. The first-order valence-electron chi connectivity index (χ1n) is 16.3. The lowest BCUT2D eigenvalue weighted by molar-refractivity contribution is 0.631. The molecule has 0 aliphatic heterocycles. The molecule has 9 rings (SSSR count). The van der Waals surface area contributed by atoms with Crippen molar-refractivity contribution in [2.45, 2.75) is 0 Å². The molecule has 0 amide bonds. The minimum absolute atomic E-state index is 0.855. The molecule has 0 radical (unpaired) electrons. The maximum atomic E-state index is 6.29. The maximum Gasteiger partial charge on any atom is 0.135 e. The predicted octanol–water partition coefficient (Wildman–Crippen LogP) is 13.2. The van der Waals surface area contributed by atoms with Crippen molar-refractivity contribution in [3.05, 3.63) is 188 Å². The molecule has 0 saturated carbocycles. The monoisotopic (exact) mass is 613 g/mol. The molecular formula is C46H31NO. The molecule has 226 valence electrons. The van der Waals surface area contributed by atoms with E-state index >= 15 is 0 Å². The summed E-state index contributed by atoms with van der Waals surface area (Å²) in [5, 5.41) is 6.18. The van der Waals surface area contributed by atoms with E-state index in [-0.39, 0.29) is 0 Å². The third-order valence-electron chi connectivity index (χ3n) is 9.25. The van der Waals surface area contributed by atoms with Crippen molar-refractivity contribution in [2.75, 3.05) is 4.90 Å². The highest BCUT2D eigenvalue weighted by molar-refractivity contribution is 6.08. The van der Waals surface area contributed by atoms with Crippen molar-refractivity contribution in [3.8, 4) is 33.6 Å².